The van der Waals surface area contributed by atoms with Crippen LogP contribution in [0, 0.1) is 6.92 Å². The molecule has 21 heavy (non-hydrogen) atoms. The van der Waals surface area contributed by atoms with E-state index in [1.165, 1.54) is 0 Å². The maximum Gasteiger partial charge on any atom is 0.258 e. The maximum absolute atomic E-state index is 5.94. The van der Waals surface area contributed by atoms with E-state index < -0.39 is 0 Å². The average Bonchev–Trinajstić information content (AvgIpc) is 2.94. The second kappa shape index (κ2) is 5.46. The summed E-state index contributed by atoms with van der Waals surface area (Å²) in [6.45, 7) is 4.95. The summed E-state index contributed by atoms with van der Waals surface area (Å²) in [6.07, 6.45) is 0. The molecule has 1 saturated heterocycles. The van der Waals surface area contributed by atoms with Crippen molar-refractivity contribution in [1.29, 1.82) is 0 Å². The minimum atomic E-state index is 0.170. The summed E-state index contributed by atoms with van der Waals surface area (Å²) in [4.78, 5) is 9.10. The fourth-order valence-electron chi connectivity index (χ4n) is 2.55. The highest BCUT2D eigenvalue weighted by Gasteiger charge is 2.28. The SMILES string of the molecule is Cc1ccc(-c2nc(C3CN(C)CCN3C)no2)cc1N. The summed E-state index contributed by atoms with van der Waals surface area (Å²) in [5.74, 6) is 1.26. The Labute approximate surface area is 124 Å². The summed E-state index contributed by atoms with van der Waals surface area (Å²) in [5.41, 5.74) is 8.59. The molecule has 2 heterocycles. The zero-order valence-electron chi connectivity index (χ0n) is 12.7. The average molecular weight is 287 g/mol. The van der Waals surface area contributed by atoms with Crippen molar-refractivity contribution in [3.8, 4) is 11.5 Å². The Kier molecular flexibility index (Phi) is 3.65. The molecular formula is C15H21N5O. The molecule has 6 heteroatoms. The van der Waals surface area contributed by atoms with Crippen molar-refractivity contribution in [2.75, 3.05) is 39.5 Å². The number of hydrogen-bond acceptors (Lipinski definition) is 6. The van der Waals surface area contributed by atoms with Gasteiger partial charge in [0.25, 0.3) is 5.89 Å². The fourth-order valence-corrected chi connectivity index (χ4v) is 2.55. The molecule has 1 fully saturated rings. The van der Waals surface area contributed by atoms with E-state index in [1.54, 1.807) is 0 Å². The molecule has 3 rings (SSSR count). The van der Waals surface area contributed by atoms with Crippen LogP contribution >= 0.6 is 0 Å². The Morgan fingerprint density at radius 1 is 1.29 bits per heavy atom. The van der Waals surface area contributed by atoms with Crippen molar-refractivity contribution in [2.45, 2.75) is 13.0 Å². The second-order valence-corrected chi connectivity index (χ2v) is 5.79. The standard InChI is InChI=1S/C15H21N5O/c1-10-4-5-11(8-12(10)16)15-17-14(18-21-15)13-9-19(2)6-7-20(13)3/h4-5,8,13H,6-7,9,16H2,1-3H3. The van der Waals surface area contributed by atoms with Gasteiger partial charge in [-0.15, -0.1) is 0 Å². The molecule has 0 radical (unpaired) electrons. The quantitative estimate of drug-likeness (QED) is 0.845. The van der Waals surface area contributed by atoms with Crippen molar-refractivity contribution in [3.05, 3.63) is 29.6 Å². The van der Waals surface area contributed by atoms with E-state index in [2.05, 4.69) is 34.0 Å². The number of benzene rings is 1. The van der Waals surface area contributed by atoms with Gasteiger partial charge in [0, 0.05) is 30.9 Å². The third-order valence-electron chi connectivity index (χ3n) is 4.12. The predicted molar refractivity (Wildman–Crippen MR) is 81.8 cm³/mol. The molecule has 1 aromatic carbocycles. The van der Waals surface area contributed by atoms with Crippen molar-refractivity contribution >= 4 is 5.69 Å². The van der Waals surface area contributed by atoms with E-state index in [4.69, 9.17) is 10.3 Å². The molecule has 0 bridgehead atoms. The van der Waals surface area contributed by atoms with Gasteiger partial charge in [-0.1, -0.05) is 11.2 Å². The summed E-state index contributed by atoms with van der Waals surface area (Å²) in [6, 6.07) is 5.97. The summed E-state index contributed by atoms with van der Waals surface area (Å²) < 4.78 is 5.42. The number of hydrogen-bond donors (Lipinski definition) is 1. The van der Waals surface area contributed by atoms with Gasteiger partial charge in [-0.25, -0.2) is 0 Å². The molecule has 6 nitrogen and oxygen atoms in total. The molecule has 1 aliphatic heterocycles. The van der Waals surface area contributed by atoms with E-state index in [0.717, 1.165) is 42.3 Å². The van der Waals surface area contributed by atoms with Crippen LogP contribution in [0.1, 0.15) is 17.4 Å². The maximum atomic E-state index is 5.94. The van der Waals surface area contributed by atoms with E-state index >= 15 is 0 Å². The molecule has 2 aromatic rings. The molecule has 112 valence electrons. The van der Waals surface area contributed by atoms with Crippen molar-refractivity contribution in [3.63, 3.8) is 0 Å². The van der Waals surface area contributed by atoms with Gasteiger partial charge in [0.2, 0.25) is 0 Å². The molecule has 0 saturated carbocycles. The lowest BCUT2D eigenvalue weighted by Crippen LogP contribution is -2.45. The van der Waals surface area contributed by atoms with Crippen LogP contribution in [-0.4, -0.2) is 53.7 Å². The summed E-state index contributed by atoms with van der Waals surface area (Å²) in [7, 11) is 4.21. The molecule has 1 atom stereocenters. The normalized spacial score (nSPS) is 20.8. The van der Waals surface area contributed by atoms with Crippen LogP contribution in [0.4, 0.5) is 5.69 Å². The van der Waals surface area contributed by atoms with Crippen LogP contribution in [0.25, 0.3) is 11.5 Å². The number of piperazine rings is 1. The van der Waals surface area contributed by atoms with Gasteiger partial charge in [0.05, 0.1) is 6.04 Å². The van der Waals surface area contributed by atoms with Crippen LogP contribution in [0.15, 0.2) is 22.7 Å². The van der Waals surface area contributed by atoms with Crippen molar-refractivity contribution in [2.24, 2.45) is 0 Å². The summed E-state index contributed by atoms with van der Waals surface area (Å²) in [5, 5.41) is 4.16. The first-order valence-corrected chi connectivity index (χ1v) is 7.13. The van der Waals surface area contributed by atoms with Crippen LogP contribution < -0.4 is 5.73 Å². The molecule has 0 aliphatic carbocycles. The minimum absolute atomic E-state index is 0.170. The Balaban J connectivity index is 1.87. The zero-order chi connectivity index (χ0) is 15.0. The first-order chi connectivity index (χ1) is 10.0. The lowest BCUT2D eigenvalue weighted by Gasteiger charge is -2.35. The molecule has 1 aliphatic rings. The highest BCUT2D eigenvalue weighted by atomic mass is 16.5. The number of nitrogens with two attached hydrogens (primary N) is 1. The number of anilines is 1. The Morgan fingerprint density at radius 3 is 2.86 bits per heavy atom. The van der Waals surface area contributed by atoms with Gasteiger partial charge in [-0.05, 0) is 38.7 Å². The highest BCUT2D eigenvalue weighted by Crippen LogP contribution is 2.26. The van der Waals surface area contributed by atoms with Gasteiger partial charge in [0.1, 0.15) is 0 Å². The van der Waals surface area contributed by atoms with Crippen LogP contribution in [-0.2, 0) is 0 Å². The fraction of sp³-hybridized carbons (Fsp3) is 0.467. The topological polar surface area (TPSA) is 71.4 Å². The van der Waals surface area contributed by atoms with E-state index in [9.17, 15) is 0 Å². The second-order valence-electron chi connectivity index (χ2n) is 5.79. The molecular weight excluding hydrogens is 266 g/mol. The minimum Gasteiger partial charge on any atom is -0.398 e. The van der Waals surface area contributed by atoms with E-state index in [0.29, 0.717) is 5.89 Å². The van der Waals surface area contributed by atoms with Gasteiger partial charge < -0.3 is 15.2 Å². The molecule has 1 aromatic heterocycles. The predicted octanol–water partition coefficient (Wildman–Crippen LogP) is 1.55. The Hall–Kier alpha value is -1.92. The highest BCUT2D eigenvalue weighted by molar-refractivity contribution is 5.62. The number of aromatic nitrogens is 2. The number of nitrogens with zero attached hydrogens (tertiary/aromatic N) is 4. The number of aryl methyl sites for hydroxylation is 1. The Bertz CT molecular complexity index is 639. The monoisotopic (exact) mass is 287 g/mol. The summed E-state index contributed by atoms with van der Waals surface area (Å²) >= 11 is 0. The van der Waals surface area contributed by atoms with Crippen molar-refractivity contribution < 1.29 is 4.52 Å². The molecule has 0 spiro atoms. The van der Waals surface area contributed by atoms with Crippen LogP contribution in [0.3, 0.4) is 0 Å². The van der Waals surface area contributed by atoms with Gasteiger partial charge in [-0.3, -0.25) is 4.90 Å². The van der Waals surface area contributed by atoms with E-state index in [1.807, 2.05) is 25.1 Å². The van der Waals surface area contributed by atoms with Gasteiger partial charge in [-0.2, -0.15) is 4.98 Å². The first kappa shape index (κ1) is 14.0. The number of likely N-dealkylation sites (N-methyl/N-ethyl adjacent to an activating group) is 2. The van der Waals surface area contributed by atoms with E-state index in [-0.39, 0.29) is 6.04 Å². The van der Waals surface area contributed by atoms with Crippen LogP contribution in [0.5, 0.6) is 0 Å². The molecule has 2 N–H and O–H groups in total. The smallest absolute Gasteiger partial charge is 0.258 e. The van der Waals surface area contributed by atoms with Crippen molar-refractivity contribution in [1.82, 2.24) is 19.9 Å². The third kappa shape index (κ3) is 2.77. The Morgan fingerprint density at radius 2 is 2.10 bits per heavy atom. The lowest BCUT2D eigenvalue weighted by molar-refractivity contribution is 0.108. The largest absolute Gasteiger partial charge is 0.398 e. The van der Waals surface area contributed by atoms with Crippen LogP contribution in [0.2, 0.25) is 0 Å². The van der Waals surface area contributed by atoms with Gasteiger partial charge in [0.15, 0.2) is 5.82 Å². The number of nitrogen functional groups attached to an aromatic ring is 1. The molecule has 0 amide bonds. The number of rotatable bonds is 2. The first-order valence-electron chi connectivity index (χ1n) is 7.13. The lowest BCUT2D eigenvalue weighted by atomic mass is 10.1. The van der Waals surface area contributed by atoms with Gasteiger partial charge >= 0.3 is 0 Å². The third-order valence-corrected chi connectivity index (χ3v) is 4.12. The zero-order valence-corrected chi connectivity index (χ0v) is 12.7. The molecule has 1 unspecified atom stereocenters.